The summed E-state index contributed by atoms with van der Waals surface area (Å²) in [6.45, 7) is 1.33. The Morgan fingerprint density at radius 3 is 2.45 bits per heavy atom. The minimum Gasteiger partial charge on any atom is -0.481 e. The van der Waals surface area contributed by atoms with Crippen LogP contribution >= 0.6 is 7.37 Å². The number of carboxylic acids is 2. The highest BCUT2D eigenvalue weighted by molar-refractivity contribution is 7.66. The summed E-state index contributed by atoms with van der Waals surface area (Å²) in [5.41, 5.74) is -1.19. The molecule has 7 nitrogen and oxygen atoms in total. The maximum absolute atomic E-state index is 12.4. The standard InChI is InChI=1S/C12H16NO6P/c1-8(9(12(16)17)5-6-11(14)15)20(18,19)10-4-2-3-7-13-10/h2-4,7-9H,5-6H2,1H3,(H,14,15)(H,16,17)(H,18,19). The van der Waals surface area contributed by atoms with E-state index in [0.29, 0.717) is 0 Å². The number of pyridine rings is 1. The molecule has 3 unspecified atom stereocenters. The summed E-state index contributed by atoms with van der Waals surface area (Å²) < 4.78 is 12.4. The normalized spacial score (nSPS) is 16.9. The van der Waals surface area contributed by atoms with Crippen LogP contribution in [0.4, 0.5) is 0 Å². The molecule has 1 rings (SSSR count). The topological polar surface area (TPSA) is 125 Å². The number of nitrogens with zero attached hydrogens (tertiary/aromatic N) is 1. The van der Waals surface area contributed by atoms with Crippen LogP contribution in [0.2, 0.25) is 0 Å². The quantitative estimate of drug-likeness (QED) is 0.640. The van der Waals surface area contributed by atoms with E-state index >= 15 is 0 Å². The van der Waals surface area contributed by atoms with Crippen LogP contribution in [-0.4, -0.2) is 37.7 Å². The Kier molecular flexibility index (Phi) is 5.42. The van der Waals surface area contributed by atoms with E-state index in [2.05, 4.69) is 4.98 Å². The van der Waals surface area contributed by atoms with Gasteiger partial charge in [0.1, 0.15) is 5.44 Å². The number of aliphatic carboxylic acids is 2. The summed E-state index contributed by atoms with van der Waals surface area (Å²) in [5.74, 6) is -3.65. The van der Waals surface area contributed by atoms with Crippen molar-refractivity contribution < 1.29 is 29.3 Å². The molecule has 0 bridgehead atoms. The summed E-state index contributed by atoms with van der Waals surface area (Å²) in [7, 11) is -3.99. The third kappa shape index (κ3) is 3.88. The molecule has 0 spiro atoms. The monoisotopic (exact) mass is 301 g/mol. The molecule has 1 aromatic rings. The molecule has 1 aromatic heterocycles. The lowest BCUT2D eigenvalue weighted by Crippen LogP contribution is -2.30. The molecule has 110 valence electrons. The average Bonchev–Trinajstić information content (AvgIpc) is 2.39. The molecule has 0 amide bonds. The zero-order valence-electron chi connectivity index (χ0n) is 10.8. The summed E-state index contributed by atoms with van der Waals surface area (Å²) >= 11 is 0. The third-order valence-electron chi connectivity index (χ3n) is 3.10. The first-order chi connectivity index (χ1) is 9.26. The van der Waals surface area contributed by atoms with Gasteiger partial charge in [-0.2, -0.15) is 0 Å². The summed E-state index contributed by atoms with van der Waals surface area (Å²) in [5, 5.41) is 17.7. The number of carbonyl (C=O) groups is 2. The Morgan fingerprint density at radius 1 is 1.35 bits per heavy atom. The second kappa shape index (κ2) is 6.63. The predicted molar refractivity (Wildman–Crippen MR) is 71.2 cm³/mol. The Labute approximate surface area is 115 Å². The Hall–Kier alpha value is -1.72. The van der Waals surface area contributed by atoms with E-state index in [1.807, 2.05) is 0 Å². The van der Waals surface area contributed by atoms with Crippen molar-refractivity contribution in [2.24, 2.45) is 5.92 Å². The molecule has 0 radical (unpaired) electrons. The smallest absolute Gasteiger partial charge is 0.307 e. The SMILES string of the molecule is CC(C(CCC(=O)O)C(=O)O)P(=O)(O)c1ccccn1. The molecule has 3 atom stereocenters. The van der Waals surface area contributed by atoms with Gasteiger partial charge in [-0.1, -0.05) is 13.0 Å². The van der Waals surface area contributed by atoms with Crippen molar-refractivity contribution in [2.75, 3.05) is 0 Å². The van der Waals surface area contributed by atoms with Crippen molar-refractivity contribution in [3.8, 4) is 0 Å². The Morgan fingerprint density at radius 2 is 2.00 bits per heavy atom. The van der Waals surface area contributed by atoms with E-state index in [1.165, 1.54) is 25.3 Å². The lowest BCUT2D eigenvalue weighted by atomic mass is 10.0. The van der Waals surface area contributed by atoms with Gasteiger partial charge in [-0.25, -0.2) is 0 Å². The minimum atomic E-state index is -3.99. The van der Waals surface area contributed by atoms with Crippen molar-refractivity contribution >= 4 is 24.7 Å². The van der Waals surface area contributed by atoms with E-state index in [9.17, 15) is 19.0 Å². The van der Waals surface area contributed by atoms with Crippen LogP contribution in [0, 0.1) is 5.92 Å². The van der Waals surface area contributed by atoms with E-state index in [4.69, 9.17) is 10.2 Å². The first kappa shape index (κ1) is 16.3. The van der Waals surface area contributed by atoms with Gasteiger partial charge in [0.05, 0.1) is 11.6 Å². The maximum Gasteiger partial charge on any atom is 0.307 e. The highest BCUT2D eigenvalue weighted by Crippen LogP contribution is 2.48. The molecule has 0 aliphatic rings. The fourth-order valence-electron chi connectivity index (χ4n) is 1.85. The number of hydrogen-bond donors (Lipinski definition) is 3. The fourth-order valence-corrected chi connectivity index (χ4v) is 3.56. The molecular formula is C12H16NO6P. The molecule has 3 N–H and O–H groups in total. The second-order valence-corrected chi connectivity index (χ2v) is 6.95. The molecule has 8 heteroatoms. The minimum absolute atomic E-state index is 0.0749. The third-order valence-corrected chi connectivity index (χ3v) is 5.48. The van der Waals surface area contributed by atoms with Crippen molar-refractivity contribution in [3.05, 3.63) is 24.4 Å². The van der Waals surface area contributed by atoms with Crippen LogP contribution in [0.1, 0.15) is 19.8 Å². The van der Waals surface area contributed by atoms with Gasteiger partial charge in [0.2, 0.25) is 0 Å². The van der Waals surface area contributed by atoms with Crippen LogP contribution < -0.4 is 5.44 Å². The van der Waals surface area contributed by atoms with Crippen LogP contribution in [0.3, 0.4) is 0 Å². The van der Waals surface area contributed by atoms with Gasteiger partial charge in [0.25, 0.3) is 7.37 Å². The van der Waals surface area contributed by atoms with E-state index in [-0.39, 0.29) is 18.3 Å². The van der Waals surface area contributed by atoms with Gasteiger partial charge in [-0.05, 0) is 18.6 Å². The number of rotatable bonds is 7. The zero-order chi connectivity index (χ0) is 15.3. The van der Waals surface area contributed by atoms with E-state index < -0.39 is 30.9 Å². The maximum atomic E-state index is 12.4. The molecule has 0 saturated carbocycles. The van der Waals surface area contributed by atoms with Gasteiger partial charge >= 0.3 is 11.9 Å². The molecule has 20 heavy (non-hydrogen) atoms. The summed E-state index contributed by atoms with van der Waals surface area (Å²) in [6.07, 6.45) is 0.769. The van der Waals surface area contributed by atoms with E-state index in [1.54, 1.807) is 6.07 Å². The van der Waals surface area contributed by atoms with Gasteiger partial charge in [-0.3, -0.25) is 19.1 Å². The lowest BCUT2D eigenvalue weighted by molar-refractivity contribution is -0.142. The zero-order valence-corrected chi connectivity index (χ0v) is 11.7. The molecule has 0 saturated heterocycles. The van der Waals surface area contributed by atoms with Gasteiger partial charge in [0, 0.05) is 12.6 Å². The summed E-state index contributed by atoms with van der Waals surface area (Å²) in [6, 6.07) is 4.46. The predicted octanol–water partition coefficient (Wildman–Crippen LogP) is 0.931. The van der Waals surface area contributed by atoms with Crippen LogP contribution in [0.15, 0.2) is 24.4 Å². The van der Waals surface area contributed by atoms with Crippen LogP contribution in [-0.2, 0) is 14.2 Å². The fraction of sp³-hybridized carbons (Fsp3) is 0.417. The number of hydrogen-bond acceptors (Lipinski definition) is 4. The number of aromatic nitrogens is 1. The second-order valence-electron chi connectivity index (χ2n) is 4.43. The highest BCUT2D eigenvalue weighted by atomic mass is 31.2. The molecule has 0 aliphatic carbocycles. The van der Waals surface area contributed by atoms with Crippen LogP contribution in [0.25, 0.3) is 0 Å². The molecular weight excluding hydrogens is 285 g/mol. The van der Waals surface area contributed by atoms with Gasteiger partial charge in [-0.15, -0.1) is 0 Å². The van der Waals surface area contributed by atoms with Gasteiger partial charge < -0.3 is 15.1 Å². The van der Waals surface area contributed by atoms with Crippen molar-refractivity contribution in [1.29, 1.82) is 0 Å². The molecule has 0 aliphatic heterocycles. The van der Waals surface area contributed by atoms with Crippen LogP contribution in [0.5, 0.6) is 0 Å². The Balaban J connectivity index is 2.99. The van der Waals surface area contributed by atoms with E-state index in [0.717, 1.165) is 0 Å². The average molecular weight is 301 g/mol. The lowest BCUT2D eigenvalue weighted by Gasteiger charge is -2.24. The van der Waals surface area contributed by atoms with Crippen molar-refractivity contribution in [2.45, 2.75) is 25.4 Å². The molecule has 0 fully saturated rings. The van der Waals surface area contributed by atoms with Gasteiger partial charge in [0.15, 0.2) is 0 Å². The molecule has 0 aromatic carbocycles. The van der Waals surface area contributed by atoms with Crippen molar-refractivity contribution in [3.63, 3.8) is 0 Å². The molecule has 1 heterocycles. The first-order valence-corrected chi connectivity index (χ1v) is 7.68. The first-order valence-electron chi connectivity index (χ1n) is 5.95. The number of carboxylic acid groups (broad SMARTS) is 2. The summed E-state index contributed by atoms with van der Waals surface area (Å²) in [4.78, 5) is 35.6. The largest absolute Gasteiger partial charge is 0.481 e. The highest BCUT2D eigenvalue weighted by Gasteiger charge is 2.39. The Bertz CT molecular complexity index is 532. The van der Waals surface area contributed by atoms with Crippen molar-refractivity contribution in [1.82, 2.24) is 4.98 Å².